The lowest BCUT2D eigenvalue weighted by atomic mass is 9.84. The van der Waals surface area contributed by atoms with E-state index >= 15 is 0 Å². The third-order valence-electron chi connectivity index (χ3n) is 5.49. The van der Waals surface area contributed by atoms with Crippen molar-refractivity contribution in [3.63, 3.8) is 0 Å². The standard InChI is InChI=1S/C23H28N2O2/c1-3-10-21(26)25-16-9-15-23(25,22(27)24-2)17-19-13-7-8-14-20(19)18-11-5-4-6-12-18/h4-8,11-14H,3,9-10,15-17H2,1-2H3,(H,24,27). The van der Waals surface area contributed by atoms with Gasteiger partial charge in [0.15, 0.2) is 0 Å². The van der Waals surface area contributed by atoms with Gasteiger partial charge in [0.05, 0.1) is 0 Å². The molecule has 1 aliphatic rings. The van der Waals surface area contributed by atoms with Crippen LogP contribution in [0.3, 0.4) is 0 Å². The van der Waals surface area contributed by atoms with E-state index in [1.165, 1.54) is 0 Å². The Hall–Kier alpha value is -2.62. The van der Waals surface area contributed by atoms with Crippen molar-refractivity contribution in [1.82, 2.24) is 10.2 Å². The molecule has 0 saturated carbocycles. The predicted octanol–water partition coefficient (Wildman–Crippen LogP) is 3.80. The molecule has 1 unspecified atom stereocenters. The van der Waals surface area contributed by atoms with Crippen LogP contribution in [0.2, 0.25) is 0 Å². The first kappa shape index (κ1) is 19.2. The second-order valence-corrected chi connectivity index (χ2v) is 7.21. The molecule has 142 valence electrons. The smallest absolute Gasteiger partial charge is 0.246 e. The van der Waals surface area contributed by atoms with E-state index in [-0.39, 0.29) is 11.8 Å². The number of nitrogens with zero attached hydrogens (tertiary/aromatic N) is 1. The fraction of sp³-hybridized carbons (Fsp3) is 0.391. The average Bonchev–Trinajstić information content (AvgIpc) is 3.13. The van der Waals surface area contributed by atoms with Crippen LogP contribution in [0, 0.1) is 0 Å². The maximum absolute atomic E-state index is 13.0. The molecule has 2 aromatic carbocycles. The largest absolute Gasteiger partial charge is 0.357 e. The van der Waals surface area contributed by atoms with Crippen LogP contribution in [0.1, 0.15) is 38.2 Å². The van der Waals surface area contributed by atoms with Crippen LogP contribution in [-0.2, 0) is 16.0 Å². The van der Waals surface area contributed by atoms with E-state index < -0.39 is 5.54 Å². The molecule has 0 aliphatic carbocycles. The molecule has 0 aromatic heterocycles. The molecule has 1 aliphatic heterocycles. The number of hydrogen-bond donors (Lipinski definition) is 1. The molecule has 1 fully saturated rings. The van der Waals surface area contributed by atoms with Crippen LogP contribution < -0.4 is 5.32 Å². The zero-order valence-electron chi connectivity index (χ0n) is 16.2. The summed E-state index contributed by atoms with van der Waals surface area (Å²) >= 11 is 0. The van der Waals surface area contributed by atoms with Gasteiger partial charge in [-0.25, -0.2) is 0 Å². The third-order valence-corrected chi connectivity index (χ3v) is 5.49. The predicted molar refractivity (Wildman–Crippen MR) is 108 cm³/mol. The van der Waals surface area contributed by atoms with Crippen molar-refractivity contribution < 1.29 is 9.59 Å². The van der Waals surface area contributed by atoms with Gasteiger partial charge in [0.25, 0.3) is 0 Å². The summed E-state index contributed by atoms with van der Waals surface area (Å²) in [7, 11) is 1.66. The summed E-state index contributed by atoms with van der Waals surface area (Å²) in [4.78, 5) is 27.6. The van der Waals surface area contributed by atoms with Gasteiger partial charge in [-0.2, -0.15) is 0 Å². The molecule has 0 bridgehead atoms. The van der Waals surface area contributed by atoms with Crippen LogP contribution in [0.25, 0.3) is 11.1 Å². The Kier molecular flexibility index (Phi) is 5.94. The van der Waals surface area contributed by atoms with Crippen molar-refractivity contribution in [2.75, 3.05) is 13.6 Å². The summed E-state index contributed by atoms with van der Waals surface area (Å²) in [5, 5.41) is 2.82. The van der Waals surface area contributed by atoms with Gasteiger partial charge in [-0.3, -0.25) is 9.59 Å². The number of rotatable bonds is 6. The van der Waals surface area contributed by atoms with Crippen LogP contribution in [0.4, 0.5) is 0 Å². The normalized spacial score (nSPS) is 19.1. The zero-order chi connectivity index (χ0) is 19.3. The minimum atomic E-state index is -0.800. The number of amides is 2. The van der Waals surface area contributed by atoms with E-state index in [2.05, 4.69) is 29.6 Å². The van der Waals surface area contributed by atoms with Gasteiger partial charge >= 0.3 is 0 Å². The molecule has 1 saturated heterocycles. The summed E-state index contributed by atoms with van der Waals surface area (Å²) in [5.41, 5.74) is 2.55. The molecule has 1 heterocycles. The zero-order valence-corrected chi connectivity index (χ0v) is 16.2. The fourth-order valence-corrected chi connectivity index (χ4v) is 4.21. The van der Waals surface area contributed by atoms with Gasteiger partial charge in [0.2, 0.25) is 11.8 Å². The van der Waals surface area contributed by atoms with Crippen molar-refractivity contribution >= 4 is 11.8 Å². The van der Waals surface area contributed by atoms with Crippen molar-refractivity contribution in [2.45, 2.75) is 44.6 Å². The van der Waals surface area contributed by atoms with Gasteiger partial charge in [-0.1, -0.05) is 61.5 Å². The monoisotopic (exact) mass is 364 g/mol. The van der Waals surface area contributed by atoms with Gasteiger partial charge in [-0.05, 0) is 36.0 Å². The van der Waals surface area contributed by atoms with Crippen LogP contribution >= 0.6 is 0 Å². The summed E-state index contributed by atoms with van der Waals surface area (Å²) in [6.07, 6.45) is 3.37. The van der Waals surface area contributed by atoms with Gasteiger partial charge < -0.3 is 10.2 Å². The van der Waals surface area contributed by atoms with Gasteiger partial charge in [-0.15, -0.1) is 0 Å². The first-order valence-electron chi connectivity index (χ1n) is 9.78. The minimum absolute atomic E-state index is 0.0627. The summed E-state index contributed by atoms with van der Waals surface area (Å²) in [6, 6.07) is 18.4. The lowest BCUT2D eigenvalue weighted by Crippen LogP contribution is -2.58. The van der Waals surface area contributed by atoms with E-state index in [1.807, 2.05) is 42.2 Å². The Balaban J connectivity index is 2.02. The lowest BCUT2D eigenvalue weighted by Gasteiger charge is -2.37. The molecular weight excluding hydrogens is 336 g/mol. The highest BCUT2D eigenvalue weighted by Gasteiger charge is 2.49. The molecule has 27 heavy (non-hydrogen) atoms. The number of carbonyl (C=O) groups excluding carboxylic acids is 2. The summed E-state index contributed by atoms with van der Waals surface area (Å²) in [5.74, 6) is 0.0168. The van der Waals surface area contributed by atoms with E-state index in [1.54, 1.807) is 7.05 Å². The van der Waals surface area contributed by atoms with Gasteiger partial charge in [0.1, 0.15) is 5.54 Å². The molecular formula is C23H28N2O2. The molecule has 3 rings (SSSR count). The maximum Gasteiger partial charge on any atom is 0.246 e. The molecule has 2 amide bonds. The molecule has 0 radical (unpaired) electrons. The summed E-state index contributed by atoms with van der Waals surface area (Å²) < 4.78 is 0. The Morgan fingerprint density at radius 3 is 2.48 bits per heavy atom. The third kappa shape index (κ3) is 3.75. The second kappa shape index (κ2) is 8.38. The lowest BCUT2D eigenvalue weighted by molar-refractivity contribution is -0.144. The highest BCUT2D eigenvalue weighted by Crippen LogP contribution is 2.36. The number of nitrogens with one attached hydrogen (secondary N) is 1. The molecule has 1 N–H and O–H groups in total. The van der Waals surface area contributed by atoms with E-state index in [4.69, 9.17) is 0 Å². The first-order valence-corrected chi connectivity index (χ1v) is 9.78. The van der Waals surface area contributed by atoms with E-state index in [0.717, 1.165) is 29.5 Å². The quantitative estimate of drug-likeness (QED) is 0.847. The van der Waals surface area contributed by atoms with Crippen molar-refractivity contribution in [3.05, 3.63) is 60.2 Å². The first-order chi connectivity index (χ1) is 13.1. The Labute approximate surface area is 161 Å². The maximum atomic E-state index is 13.0. The minimum Gasteiger partial charge on any atom is -0.357 e. The van der Waals surface area contributed by atoms with Gasteiger partial charge in [0, 0.05) is 26.4 Å². The van der Waals surface area contributed by atoms with Crippen LogP contribution in [-0.4, -0.2) is 35.8 Å². The Morgan fingerprint density at radius 2 is 1.78 bits per heavy atom. The van der Waals surface area contributed by atoms with E-state index in [9.17, 15) is 9.59 Å². The molecule has 0 spiro atoms. The number of benzene rings is 2. The Morgan fingerprint density at radius 1 is 1.07 bits per heavy atom. The Bertz CT molecular complexity index is 803. The number of hydrogen-bond acceptors (Lipinski definition) is 2. The highest BCUT2D eigenvalue weighted by molar-refractivity contribution is 5.92. The molecule has 2 aromatic rings. The molecule has 4 nitrogen and oxygen atoms in total. The fourth-order valence-electron chi connectivity index (χ4n) is 4.21. The molecule has 4 heteroatoms. The van der Waals surface area contributed by atoms with Crippen molar-refractivity contribution in [3.8, 4) is 11.1 Å². The highest BCUT2D eigenvalue weighted by atomic mass is 16.2. The SMILES string of the molecule is CCCC(=O)N1CCCC1(Cc1ccccc1-c1ccccc1)C(=O)NC. The number of carbonyl (C=O) groups is 2. The average molecular weight is 364 g/mol. The second-order valence-electron chi connectivity index (χ2n) is 7.21. The molecule has 1 atom stereocenters. The van der Waals surface area contributed by atoms with E-state index in [0.29, 0.717) is 25.8 Å². The topological polar surface area (TPSA) is 49.4 Å². The number of likely N-dealkylation sites (tertiary alicyclic amines) is 1. The van der Waals surface area contributed by atoms with Crippen molar-refractivity contribution in [2.24, 2.45) is 0 Å². The van der Waals surface area contributed by atoms with Crippen LogP contribution in [0.15, 0.2) is 54.6 Å². The number of likely N-dealkylation sites (N-methyl/N-ethyl adjacent to an activating group) is 1. The van der Waals surface area contributed by atoms with Crippen LogP contribution in [0.5, 0.6) is 0 Å². The summed E-state index contributed by atoms with van der Waals surface area (Å²) in [6.45, 7) is 2.65. The van der Waals surface area contributed by atoms with Crippen molar-refractivity contribution in [1.29, 1.82) is 0 Å².